The Bertz CT molecular complexity index is 521. The first-order chi connectivity index (χ1) is 8.99. The van der Waals surface area contributed by atoms with E-state index in [9.17, 15) is 14.9 Å². The molecular weight excluding hydrogens is 314 g/mol. The molecule has 0 saturated carbocycles. The topological polar surface area (TPSA) is 84.3 Å². The highest BCUT2D eigenvalue weighted by Crippen LogP contribution is 2.27. The third kappa shape index (κ3) is 3.10. The van der Waals surface area contributed by atoms with E-state index in [0.29, 0.717) is 10.2 Å². The summed E-state index contributed by atoms with van der Waals surface area (Å²) in [5.74, 6) is 0.177. The smallest absolute Gasteiger partial charge is 0.270 e. The molecule has 1 saturated heterocycles. The van der Waals surface area contributed by atoms with E-state index in [2.05, 4.69) is 26.6 Å². The molecule has 1 aliphatic rings. The van der Waals surface area contributed by atoms with Crippen LogP contribution in [0.25, 0.3) is 0 Å². The quantitative estimate of drug-likeness (QED) is 0.659. The summed E-state index contributed by atoms with van der Waals surface area (Å²) >= 11 is 3.23. The first kappa shape index (κ1) is 14.0. The maximum Gasteiger partial charge on any atom is 0.270 e. The maximum atomic E-state index is 12.1. The number of halogens is 1. The van der Waals surface area contributed by atoms with Gasteiger partial charge in [0, 0.05) is 16.6 Å². The maximum absolute atomic E-state index is 12.1. The molecule has 0 aliphatic carbocycles. The number of nitrogens with one attached hydrogen (secondary N) is 2. The lowest BCUT2D eigenvalue weighted by Crippen LogP contribution is -2.39. The first-order valence-corrected chi connectivity index (χ1v) is 6.76. The Hall–Kier alpha value is -1.47. The number of hydrogen-bond donors (Lipinski definition) is 2. The molecule has 19 heavy (non-hydrogen) atoms. The molecule has 2 unspecified atom stereocenters. The minimum atomic E-state index is -0.475. The van der Waals surface area contributed by atoms with Crippen LogP contribution < -0.4 is 10.6 Å². The number of nitro benzene ring substituents is 1. The molecule has 0 bridgehead atoms. The molecule has 0 aromatic heterocycles. The van der Waals surface area contributed by atoms with Gasteiger partial charge in [-0.15, -0.1) is 0 Å². The Morgan fingerprint density at radius 2 is 2.32 bits per heavy atom. The molecule has 1 heterocycles. The number of carbonyl (C=O) groups is 1. The van der Waals surface area contributed by atoms with E-state index < -0.39 is 4.92 Å². The van der Waals surface area contributed by atoms with E-state index in [-0.39, 0.29) is 23.6 Å². The van der Waals surface area contributed by atoms with Gasteiger partial charge in [-0.05, 0) is 40.9 Å². The van der Waals surface area contributed by atoms with E-state index in [1.165, 1.54) is 18.2 Å². The molecule has 2 atom stereocenters. The van der Waals surface area contributed by atoms with Crippen LogP contribution in [-0.2, 0) is 4.79 Å². The van der Waals surface area contributed by atoms with Crippen LogP contribution in [0.4, 0.5) is 11.4 Å². The molecule has 1 aromatic rings. The van der Waals surface area contributed by atoms with Crippen molar-refractivity contribution in [3.63, 3.8) is 0 Å². The third-order valence-electron chi connectivity index (χ3n) is 3.24. The molecule has 0 radical (unpaired) electrons. The fourth-order valence-electron chi connectivity index (χ4n) is 2.11. The van der Waals surface area contributed by atoms with Crippen molar-refractivity contribution in [2.24, 2.45) is 5.92 Å². The number of amides is 1. The Balaban J connectivity index is 2.11. The van der Waals surface area contributed by atoms with Crippen LogP contribution in [0.2, 0.25) is 0 Å². The average Bonchev–Trinajstić information content (AvgIpc) is 2.77. The normalized spacial score (nSPS) is 22.2. The summed E-state index contributed by atoms with van der Waals surface area (Å²) in [5, 5.41) is 16.5. The number of nitro groups is 1. The van der Waals surface area contributed by atoms with Crippen LogP contribution in [0.3, 0.4) is 0 Å². The SMILES string of the molecule is CC1CCNC1C(=O)Nc1ccc([N+](=O)[O-])cc1Br. The molecule has 2 N–H and O–H groups in total. The molecule has 1 aromatic carbocycles. The van der Waals surface area contributed by atoms with Gasteiger partial charge in [0.2, 0.25) is 5.91 Å². The summed E-state index contributed by atoms with van der Waals surface area (Å²) < 4.78 is 0.501. The van der Waals surface area contributed by atoms with Gasteiger partial charge in [-0.1, -0.05) is 6.92 Å². The molecule has 102 valence electrons. The summed E-state index contributed by atoms with van der Waals surface area (Å²) in [5.41, 5.74) is 0.522. The van der Waals surface area contributed by atoms with Crippen molar-refractivity contribution in [1.29, 1.82) is 0 Å². The highest BCUT2D eigenvalue weighted by molar-refractivity contribution is 9.10. The van der Waals surface area contributed by atoms with Crippen molar-refractivity contribution in [2.75, 3.05) is 11.9 Å². The number of nitrogens with zero attached hydrogens (tertiary/aromatic N) is 1. The van der Waals surface area contributed by atoms with Crippen molar-refractivity contribution in [3.8, 4) is 0 Å². The van der Waals surface area contributed by atoms with Crippen LogP contribution in [0, 0.1) is 16.0 Å². The second-order valence-corrected chi connectivity index (χ2v) is 5.46. The van der Waals surface area contributed by atoms with Gasteiger partial charge in [0.25, 0.3) is 5.69 Å². The largest absolute Gasteiger partial charge is 0.324 e. The Morgan fingerprint density at radius 1 is 1.58 bits per heavy atom. The zero-order valence-electron chi connectivity index (χ0n) is 10.4. The van der Waals surface area contributed by atoms with Gasteiger partial charge >= 0.3 is 0 Å². The lowest BCUT2D eigenvalue weighted by molar-refractivity contribution is -0.384. The van der Waals surface area contributed by atoms with Gasteiger partial charge in [0.05, 0.1) is 16.7 Å². The summed E-state index contributed by atoms with van der Waals surface area (Å²) in [7, 11) is 0. The van der Waals surface area contributed by atoms with Crippen molar-refractivity contribution < 1.29 is 9.72 Å². The van der Waals surface area contributed by atoms with Crippen molar-refractivity contribution in [1.82, 2.24) is 5.32 Å². The Labute approximate surface area is 118 Å². The van der Waals surface area contributed by atoms with E-state index in [1.54, 1.807) is 0 Å². The Kier molecular flexibility index (Phi) is 4.16. The molecule has 7 heteroatoms. The summed E-state index contributed by atoms with van der Waals surface area (Å²) in [4.78, 5) is 22.2. The van der Waals surface area contributed by atoms with Gasteiger partial charge in [-0.2, -0.15) is 0 Å². The number of carbonyl (C=O) groups excluding carboxylic acids is 1. The number of anilines is 1. The van der Waals surface area contributed by atoms with Gasteiger partial charge < -0.3 is 10.6 Å². The fraction of sp³-hybridized carbons (Fsp3) is 0.417. The number of non-ortho nitro benzene ring substituents is 1. The highest BCUT2D eigenvalue weighted by atomic mass is 79.9. The van der Waals surface area contributed by atoms with Gasteiger partial charge in [0.1, 0.15) is 0 Å². The molecule has 1 fully saturated rings. The lowest BCUT2D eigenvalue weighted by atomic mass is 10.0. The van der Waals surface area contributed by atoms with Crippen LogP contribution in [0.1, 0.15) is 13.3 Å². The van der Waals surface area contributed by atoms with Crippen molar-refractivity contribution in [2.45, 2.75) is 19.4 Å². The molecule has 6 nitrogen and oxygen atoms in total. The van der Waals surface area contributed by atoms with Gasteiger partial charge in [0.15, 0.2) is 0 Å². The zero-order chi connectivity index (χ0) is 14.0. The second kappa shape index (κ2) is 5.66. The van der Waals surface area contributed by atoms with Gasteiger partial charge in [-0.25, -0.2) is 0 Å². The third-order valence-corrected chi connectivity index (χ3v) is 3.89. The fourth-order valence-corrected chi connectivity index (χ4v) is 2.58. The second-order valence-electron chi connectivity index (χ2n) is 4.61. The van der Waals surface area contributed by atoms with E-state index in [0.717, 1.165) is 13.0 Å². The Morgan fingerprint density at radius 3 is 2.84 bits per heavy atom. The van der Waals surface area contributed by atoms with Crippen LogP contribution in [0.15, 0.2) is 22.7 Å². The van der Waals surface area contributed by atoms with E-state index in [4.69, 9.17) is 0 Å². The highest BCUT2D eigenvalue weighted by Gasteiger charge is 2.29. The average molecular weight is 328 g/mol. The molecular formula is C12H14BrN3O3. The van der Waals surface area contributed by atoms with Crippen LogP contribution >= 0.6 is 15.9 Å². The minimum Gasteiger partial charge on any atom is -0.324 e. The van der Waals surface area contributed by atoms with Crippen LogP contribution in [-0.4, -0.2) is 23.4 Å². The van der Waals surface area contributed by atoms with Crippen LogP contribution in [0.5, 0.6) is 0 Å². The standard InChI is InChI=1S/C12H14BrN3O3/c1-7-4-5-14-11(7)12(17)15-10-3-2-8(16(18)19)6-9(10)13/h2-3,6-7,11,14H,4-5H2,1H3,(H,15,17). The molecule has 1 amide bonds. The summed E-state index contributed by atoms with van der Waals surface area (Å²) in [6.07, 6.45) is 0.972. The van der Waals surface area contributed by atoms with Gasteiger partial charge in [-0.3, -0.25) is 14.9 Å². The monoisotopic (exact) mass is 327 g/mol. The first-order valence-electron chi connectivity index (χ1n) is 5.97. The van der Waals surface area contributed by atoms with Crippen molar-refractivity contribution in [3.05, 3.63) is 32.8 Å². The molecule has 1 aliphatic heterocycles. The number of benzene rings is 1. The molecule has 2 rings (SSSR count). The molecule has 0 spiro atoms. The zero-order valence-corrected chi connectivity index (χ0v) is 11.9. The van der Waals surface area contributed by atoms with E-state index in [1.807, 2.05) is 6.92 Å². The number of hydrogen-bond acceptors (Lipinski definition) is 4. The summed E-state index contributed by atoms with van der Waals surface area (Å²) in [6, 6.07) is 4.06. The predicted molar refractivity (Wildman–Crippen MR) is 75.0 cm³/mol. The predicted octanol–water partition coefficient (Wildman–Crippen LogP) is 2.29. The van der Waals surface area contributed by atoms with E-state index >= 15 is 0 Å². The lowest BCUT2D eigenvalue weighted by Gasteiger charge is -2.16. The summed E-state index contributed by atoms with van der Waals surface area (Å²) in [6.45, 7) is 2.86. The number of rotatable bonds is 3. The van der Waals surface area contributed by atoms with Crippen molar-refractivity contribution >= 4 is 33.2 Å². The minimum absolute atomic E-state index is 0.0165.